The van der Waals surface area contributed by atoms with Gasteiger partial charge in [-0.2, -0.15) is 5.01 Å². The van der Waals surface area contributed by atoms with E-state index in [4.69, 9.17) is 0 Å². The minimum atomic E-state index is -0.920. The van der Waals surface area contributed by atoms with E-state index < -0.39 is 12.1 Å². The zero-order valence-electron chi connectivity index (χ0n) is 25.1. The summed E-state index contributed by atoms with van der Waals surface area (Å²) in [6.07, 6.45) is 5.98. The van der Waals surface area contributed by atoms with Crippen molar-refractivity contribution in [3.05, 3.63) is 132 Å². The molecule has 3 amide bonds. The number of urea groups is 1. The van der Waals surface area contributed by atoms with Crippen LogP contribution in [0.5, 0.6) is 5.75 Å². The highest BCUT2D eigenvalue weighted by molar-refractivity contribution is 5.87. The molecule has 1 aromatic heterocycles. The first-order valence-corrected chi connectivity index (χ1v) is 14.7. The fourth-order valence-corrected chi connectivity index (χ4v) is 5.41. The Labute approximate surface area is 262 Å². The van der Waals surface area contributed by atoms with Gasteiger partial charge in [0.1, 0.15) is 12.0 Å². The van der Waals surface area contributed by atoms with Gasteiger partial charge in [-0.15, -0.1) is 6.58 Å². The molecule has 3 aromatic carbocycles. The van der Waals surface area contributed by atoms with Crippen LogP contribution in [0.1, 0.15) is 16.7 Å². The lowest BCUT2D eigenvalue weighted by atomic mass is 10.0. The first-order chi connectivity index (χ1) is 21.9. The number of rotatable bonds is 11. The number of aldehydes is 1. The second kappa shape index (κ2) is 14.3. The van der Waals surface area contributed by atoms with E-state index in [1.54, 1.807) is 35.6 Å². The molecule has 0 aliphatic carbocycles. The van der Waals surface area contributed by atoms with Crippen LogP contribution in [-0.4, -0.2) is 74.3 Å². The Morgan fingerprint density at radius 3 is 2.53 bits per heavy atom. The van der Waals surface area contributed by atoms with E-state index in [0.717, 1.165) is 33.9 Å². The Hall–Kier alpha value is -5.48. The first kappa shape index (κ1) is 31.0. The standard InChI is InChI=1S/C35H36N6O4/c1-3-19-39-24-33(44)40(30(25-42)20-26-14-16-31(43)17-15-26)32(41(39)35(45)37-21-27-9-5-4-6-10-27)23-38(2)22-29-12-7-11-28-13-8-18-36-34(28)29/h3-18,23,25,30,43H,1,19-22,24H2,2H3,(H,37,45)/b32-23+/t30-/m0/s1. The summed E-state index contributed by atoms with van der Waals surface area (Å²) in [5.41, 5.74) is 3.47. The first-order valence-electron chi connectivity index (χ1n) is 14.7. The van der Waals surface area contributed by atoms with Gasteiger partial charge in [-0.25, -0.2) is 9.80 Å². The summed E-state index contributed by atoms with van der Waals surface area (Å²) in [6.45, 7) is 4.60. The van der Waals surface area contributed by atoms with Crippen LogP contribution in [0.4, 0.5) is 4.79 Å². The molecule has 10 heteroatoms. The van der Waals surface area contributed by atoms with Gasteiger partial charge < -0.3 is 20.1 Å². The fraction of sp³-hybridized carbons (Fsp3) is 0.200. The Kier molecular flexibility index (Phi) is 9.86. The number of nitrogens with zero attached hydrogens (tertiary/aromatic N) is 5. The lowest BCUT2D eigenvalue weighted by Gasteiger charge is -2.46. The summed E-state index contributed by atoms with van der Waals surface area (Å²) in [7, 11) is 1.85. The van der Waals surface area contributed by atoms with Crippen LogP contribution in [0, 0.1) is 0 Å². The predicted molar refractivity (Wildman–Crippen MR) is 172 cm³/mol. The number of para-hydroxylation sites is 1. The van der Waals surface area contributed by atoms with Gasteiger partial charge in [-0.05, 0) is 34.9 Å². The van der Waals surface area contributed by atoms with Crippen molar-refractivity contribution in [2.24, 2.45) is 0 Å². The highest BCUT2D eigenvalue weighted by Crippen LogP contribution is 2.27. The molecule has 0 radical (unpaired) electrons. The molecule has 2 N–H and O–H groups in total. The number of phenols is 1. The number of amides is 3. The summed E-state index contributed by atoms with van der Waals surface area (Å²) < 4.78 is 0. The van der Waals surface area contributed by atoms with Gasteiger partial charge in [0.2, 0.25) is 5.91 Å². The number of aromatic nitrogens is 1. The van der Waals surface area contributed by atoms with Gasteiger partial charge in [0.25, 0.3) is 0 Å². The van der Waals surface area contributed by atoms with Gasteiger partial charge in [0.05, 0.1) is 18.1 Å². The Morgan fingerprint density at radius 2 is 1.80 bits per heavy atom. The number of hydrazine groups is 1. The molecule has 1 aliphatic rings. The number of nitrogens with one attached hydrogen (secondary N) is 1. The van der Waals surface area contributed by atoms with E-state index in [1.165, 1.54) is 22.0 Å². The second-order valence-electron chi connectivity index (χ2n) is 10.8. The topological polar surface area (TPSA) is 109 Å². The molecular formula is C35H36N6O4. The molecule has 0 unspecified atom stereocenters. The number of carbonyl (C=O) groups is 3. The number of phenolic OH excluding ortho intramolecular Hbond substituents is 1. The maximum absolute atomic E-state index is 14.0. The normalized spacial score (nSPS) is 15.2. The molecule has 0 saturated carbocycles. The molecule has 1 aliphatic heterocycles. The number of pyridine rings is 1. The number of benzene rings is 3. The molecule has 0 spiro atoms. The van der Waals surface area contributed by atoms with E-state index in [-0.39, 0.29) is 43.5 Å². The van der Waals surface area contributed by atoms with E-state index in [2.05, 4.69) is 16.9 Å². The van der Waals surface area contributed by atoms with Crippen LogP contribution in [0.2, 0.25) is 0 Å². The predicted octanol–water partition coefficient (Wildman–Crippen LogP) is 4.44. The lowest BCUT2D eigenvalue weighted by molar-refractivity contribution is -0.148. The van der Waals surface area contributed by atoms with E-state index in [0.29, 0.717) is 6.54 Å². The van der Waals surface area contributed by atoms with Crippen molar-refractivity contribution in [2.45, 2.75) is 25.6 Å². The van der Waals surface area contributed by atoms with Gasteiger partial charge >= 0.3 is 6.03 Å². The zero-order valence-corrected chi connectivity index (χ0v) is 25.1. The number of carbonyl (C=O) groups excluding carboxylic acids is 3. The van der Waals surface area contributed by atoms with Gasteiger partial charge in [-0.3, -0.25) is 14.7 Å². The van der Waals surface area contributed by atoms with Gasteiger partial charge in [0.15, 0.2) is 5.82 Å². The van der Waals surface area contributed by atoms with Crippen molar-refractivity contribution < 1.29 is 19.5 Å². The average Bonchev–Trinajstić information content (AvgIpc) is 3.05. The average molecular weight is 605 g/mol. The van der Waals surface area contributed by atoms with Gasteiger partial charge in [-0.1, -0.05) is 72.8 Å². The number of aromatic hydroxyl groups is 1. The number of fused-ring (bicyclic) bond motifs is 1. The van der Waals surface area contributed by atoms with Crippen LogP contribution in [-0.2, 0) is 29.1 Å². The molecular weight excluding hydrogens is 568 g/mol. The monoisotopic (exact) mass is 604 g/mol. The number of hydrogen-bond donors (Lipinski definition) is 2. The molecule has 230 valence electrons. The smallest absolute Gasteiger partial charge is 0.338 e. The Balaban J connectivity index is 1.54. The zero-order chi connectivity index (χ0) is 31.8. The largest absolute Gasteiger partial charge is 0.508 e. The maximum atomic E-state index is 14.0. The molecule has 45 heavy (non-hydrogen) atoms. The second-order valence-corrected chi connectivity index (χ2v) is 10.8. The van der Waals surface area contributed by atoms with E-state index in [1.807, 2.05) is 72.6 Å². The SMILES string of the molecule is C=CCN1CC(=O)N([C@H](C=O)Cc2ccc(O)cc2)/C(=C\N(C)Cc2cccc3cccnc23)N1C(=O)NCc1ccccc1. The maximum Gasteiger partial charge on any atom is 0.338 e. The fourth-order valence-electron chi connectivity index (χ4n) is 5.41. The van der Waals surface area contributed by atoms with Crippen molar-refractivity contribution in [1.29, 1.82) is 0 Å². The van der Waals surface area contributed by atoms with Crippen molar-refractivity contribution >= 4 is 29.1 Å². The molecule has 0 bridgehead atoms. The minimum absolute atomic E-state index is 0.0990. The third-order valence-corrected chi connectivity index (χ3v) is 7.49. The summed E-state index contributed by atoms with van der Waals surface area (Å²) in [4.78, 5) is 48.2. The van der Waals surface area contributed by atoms with Crippen LogP contribution in [0.25, 0.3) is 10.9 Å². The van der Waals surface area contributed by atoms with Crippen molar-refractivity contribution in [1.82, 2.24) is 30.1 Å². The van der Waals surface area contributed by atoms with Crippen LogP contribution in [0.15, 0.2) is 116 Å². The third-order valence-electron chi connectivity index (χ3n) is 7.49. The summed E-state index contributed by atoms with van der Waals surface area (Å²) in [5, 5.41) is 16.7. The van der Waals surface area contributed by atoms with Gasteiger partial charge in [0, 0.05) is 50.9 Å². The summed E-state index contributed by atoms with van der Waals surface area (Å²) in [6, 6.07) is 24.5. The van der Waals surface area contributed by atoms with Crippen molar-refractivity contribution in [3.63, 3.8) is 0 Å². The van der Waals surface area contributed by atoms with Crippen molar-refractivity contribution in [2.75, 3.05) is 20.1 Å². The lowest BCUT2D eigenvalue weighted by Crippen LogP contribution is -2.63. The van der Waals surface area contributed by atoms with Crippen LogP contribution in [0.3, 0.4) is 0 Å². The highest BCUT2D eigenvalue weighted by atomic mass is 16.3. The Morgan fingerprint density at radius 1 is 1.04 bits per heavy atom. The van der Waals surface area contributed by atoms with E-state index in [9.17, 15) is 19.5 Å². The molecule has 10 nitrogen and oxygen atoms in total. The molecule has 1 saturated heterocycles. The highest BCUT2D eigenvalue weighted by Gasteiger charge is 2.41. The third kappa shape index (κ3) is 7.36. The molecule has 1 fully saturated rings. The molecule has 2 heterocycles. The summed E-state index contributed by atoms with van der Waals surface area (Å²) >= 11 is 0. The molecule has 1 atom stereocenters. The van der Waals surface area contributed by atoms with Crippen LogP contribution >= 0.6 is 0 Å². The molecule has 5 rings (SSSR count). The van der Waals surface area contributed by atoms with Crippen LogP contribution < -0.4 is 5.32 Å². The number of hydrogen-bond acceptors (Lipinski definition) is 7. The van der Waals surface area contributed by atoms with E-state index >= 15 is 0 Å². The quantitative estimate of drug-likeness (QED) is 0.193. The van der Waals surface area contributed by atoms with Crippen molar-refractivity contribution in [3.8, 4) is 5.75 Å². The Bertz CT molecular complexity index is 1690. The molecule has 4 aromatic rings. The summed E-state index contributed by atoms with van der Waals surface area (Å²) in [5.74, 6) is -0.0153. The minimum Gasteiger partial charge on any atom is -0.508 e.